The van der Waals surface area contributed by atoms with Crippen molar-refractivity contribution in [1.29, 1.82) is 0 Å². The number of aromatic nitrogens is 2. The molecule has 0 aliphatic heterocycles. The lowest BCUT2D eigenvalue weighted by Crippen LogP contribution is -2.21. The number of carbonyl (C=O) groups is 1. The largest absolute Gasteiger partial charge is 0.272 e. The molecule has 0 spiro atoms. The van der Waals surface area contributed by atoms with Crippen molar-refractivity contribution in [3.05, 3.63) is 51.8 Å². The van der Waals surface area contributed by atoms with Gasteiger partial charge in [0.2, 0.25) is 0 Å². The van der Waals surface area contributed by atoms with Crippen LogP contribution in [0.1, 0.15) is 23.9 Å². The Labute approximate surface area is 148 Å². The maximum Gasteiger partial charge on any atom is 0.250 e. The van der Waals surface area contributed by atoms with Crippen LogP contribution in [0.4, 0.5) is 0 Å². The average molecular weight is 393 g/mol. The van der Waals surface area contributed by atoms with Gasteiger partial charge in [0.05, 0.1) is 11.5 Å². The van der Waals surface area contributed by atoms with E-state index in [0.29, 0.717) is 5.16 Å². The summed E-state index contributed by atoms with van der Waals surface area (Å²) in [5.74, 6) is 0.0325. The van der Waals surface area contributed by atoms with Crippen molar-refractivity contribution in [3.8, 4) is 0 Å². The number of nitrogens with one attached hydrogen (secondary N) is 1. The monoisotopic (exact) mass is 392 g/mol. The molecule has 0 saturated carbocycles. The van der Waals surface area contributed by atoms with E-state index >= 15 is 0 Å². The van der Waals surface area contributed by atoms with Gasteiger partial charge >= 0.3 is 0 Å². The van der Waals surface area contributed by atoms with Crippen LogP contribution in [0, 0.1) is 13.8 Å². The molecule has 0 aliphatic rings. The Hall–Kier alpha value is -1.73. The second-order valence-electron chi connectivity index (χ2n) is 4.96. The number of thioether (sulfide) groups is 1. The molecule has 2 aromatic rings. The molecule has 0 atom stereocenters. The summed E-state index contributed by atoms with van der Waals surface area (Å²) in [4.78, 5) is 20.5. The van der Waals surface area contributed by atoms with Crippen molar-refractivity contribution >= 4 is 39.3 Å². The summed E-state index contributed by atoms with van der Waals surface area (Å²) in [6.07, 6.45) is 0. The molecule has 1 aromatic carbocycles. The first-order valence-electron chi connectivity index (χ1n) is 6.98. The summed E-state index contributed by atoms with van der Waals surface area (Å²) >= 11 is 4.71. The molecule has 120 valence electrons. The van der Waals surface area contributed by atoms with Crippen molar-refractivity contribution < 1.29 is 4.79 Å². The lowest BCUT2D eigenvalue weighted by Gasteiger charge is -2.04. The predicted octanol–water partition coefficient (Wildman–Crippen LogP) is 3.49. The predicted molar refractivity (Wildman–Crippen MR) is 96.7 cm³/mol. The molecule has 1 aromatic heterocycles. The summed E-state index contributed by atoms with van der Waals surface area (Å²) in [5.41, 5.74) is 6.03. The van der Waals surface area contributed by atoms with E-state index in [2.05, 4.69) is 36.4 Å². The maximum absolute atomic E-state index is 11.9. The summed E-state index contributed by atoms with van der Waals surface area (Å²) in [5, 5.41) is 4.73. The Bertz CT molecular complexity index is 728. The molecule has 0 aliphatic carbocycles. The third-order valence-corrected chi connectivity index (χ3v) is 4.23. The number of rotatable bonds is 5. The van der Waals surface area contributed by atoms with E-state index in [0.717, 1.165) is 27.1 Å². The smallest absolute Gasteiger partial charge is 0.250 e. The van der Waals surface area contributed by atoms with Crippen LogP contribution in [0.2, 0.25) is 0 Å². The highest BCUT2D eigenvalue weighted by Crippen LogP contribution is 2.14. The highest BCUT2D eigenvalue weighted by molar-refractivity contribution is 9.10. The van der Waals surface area contributed by atoms with Crippen LogP contribution in [0.3, 0.4) is 0 Å². The van der Waals surface area contributed by atoms with Gasteiger partial charge in [0.1, 0.15) is 0 Å². The quantitative estimate of drug-likeness (QED) is 0.366. The minimum absolute atomic E-state index is 0.188. The number of carbonyl (C=O) groups excluding carboxylic acids is 1. The Morgan fingerprint density at radius 2 is 1.96 bits per heavy atom. The molecule has 1 heterocycles. The zero-order valence-corrected chi connectivity index (χ0v) is 15.5. The van der Waals surface area contributed by atoms with Gasteiger partial charge in [0, 0.05) is 15.9 Å². The van der Waals surface area contributed by atoms with Gasteiger partial charge in [-0.1, -0.05) is 39.8 Å². The number of hydrogen-bond donors (Lipinski definition) is 1. The first kappa shape index (κ1) is 17.6. The van der Waals surface area contributed by atoms with Crippen LogP contribution in [0.15, 0.2) is 45.1 Å². The van der Waals surface area contributed by atoms with Gasteiger partial charge in [0.25, 0.3) is 5.91 Å². The summed E-state index contributed by atoms with van der Waals surface area (Å²) in [6.45, 7) is 5.66. The van der Waals surface area contributed by atoms with Crippen LogP contribution in [-0.2, 0) is 4.79 Å². The molecule has 7 heteroatoms. The fraction of sp³-hybridized carbons (Fsp3) is 0.250. The number of benzene rings is 1. The van der Waals surface area contributed by atoms with Crippen molar-refractivity contribution in [2.45, 2.75) is 25.9 Å². The van der Waals surface area contributed by atoms with Crippen molar-refractivity contribution in [2.75, 3.05) is 5.75 Å². The van der Waals surface area contributed by atoms with Crippen LogP contribution in [-0.4, -0.2) is 27.3 Å². The molecule has 0 radical (unpaired) electrons. The number of halogens is 1. The first-order valence-corrected chi connectivity index (χ1v) is 8.76. The molecule has 0 bridgehead atoms. The lowest BCUT2D eigenvalue weighted by atomic mass is 10.1. The van der Waals surface area contributed by atoms with Gasteiger partial charge in [0.15, 0.2) is 5.16 Å². The van der Waals surface area contributed by atoms with E-state index in [4.69, 9.17) is 0 Å². The Balaban J connectivity index is 1.90. The number of hydrazone groups is 1. The molecule has 1 N–H and O–H groups in total. The molecule has 0 unspecified atom stereocenters. The van der Waals surface area contributed by atoms with Gasteiger partial charge in [-0.05, 0) is 44.5 Å². The minimum atomic E-state index is -0.188. The van der Waals surface area contributed by atoms with Crippen LogP contribution in [0.5, 0.6) is 0 Å². The Morgan fingerprint density at radius 1 is 1.26 bits per heavy atom. The summed E-state index contributed by atoms with van der Waals surface area (Å²) in [6, 6.07) is 9.65. The third kappa shape index (κ3) is 5.76. The van der Waals surface area contributed by atoms with E-state index in [1.807, 2.05) is 51.1 Å². The third-order valence-electron chi connectivity index (χ3n) is 2.88. The summed E-state index contributed by atoms with van der Waals surface area (Å²) < 4.78 is 0.971. The Morgan fingerprint density at radius 3 is 2.61 bits per heavy atom. The van der Waals surface area contributed by atoms with Crippen molar-refractivity contribution in [2.24, 2.45) is 5.10 Å². The van der Waals surface area contributed by atoms with E-state index in [-0.39, 0.29) is 11.7 Å². The standard InChI is InChI=1S/C16H17BrN4OS/c1-10-7-11(2)19-16(18-10)23-9-15(22)21-20-12(3)13-5-4-6-14(17)8-13/h4-8H,9H2,1-3H3,(H,21,22)/b20-12+. The van der Waals surface area contributed by atoms with Gasteiger partial charge in [-0.15, -0.1) is 0 Å². The fourth-order valence-electron chi connectivity index (χ4n) is 1.84. The maximum atomic E-state index is 11.9. The first-order chi connectivity index (χ1) is 10.9. The van der Waals surface area contributed by atoms with E-state index in [9.17, 15) is 4.79 Å². The van der Waals surface area contributed by atoms with Crippen molar-refractivity contribution in [1.82, 2.24) is 15.4 Å². The molecule has 2 rings (SSSR count). The summed E-state index contributed by atoms with van der Waals surface area (Å²) in [7, 11) is 0. The van der Waals surface area contributed by atoms with Gasteiger partial charge in [-0.25, -0.2) is 15.4 Å². The van der Waals surface area contributed by atoms with Crippen LogP contribution < -0.4 is 5.43 Å². The van der Waals surface area contributed by atoms with Gasteiger partial charge in [-0.2, -0.15) is 5.10 Å². The highest BCUT2D eigenvalue weighted by atomic mass is 79.9. The van der Waals surface area contributed by atoms with Gasteiger partial charge in [-0.3, -0.25) is 4.79 Å². The molecule has 5 nitrogen and oxygen atoms in total. The van der Waals surface area contributed by atoms with Crippen molar-refractivity contribution in [3.63, 3.8) is 0 Å². The average Bonchev–Trinajstić information content (AvgIpc) is 2.49. The molecular weight excluding hydrogens is 376 g/mol. The zero-order chi connectivity index (χ0) is 16.8. The highest BCUT2D eigenvalue weighted by Gasteiger charge is 2.06. The molecule has 0 fully saturated rings. The molecule has 23 heavy (non-hydrogen) atoms. The second kappa shape index (κ2) is 8.21. The van der Waals surface area contributed by atoms with E-state index < -0.39 is 0 Å². The second-order valence-corrected chi connectivity index (χ2v) is 6.82. The minimum Gasteiger partial charge on any atom is -0.272 e. The zero-order valence-electron chi connectivity index (χ0n) is 13.1. The number of aryl methyl sites for hydroxylation is 2. The fourth-order valence-corrected chi connectivity index (χ4v) is 2.99. The van der Waals surface area contributed by atoms with E-state index in [1.54, 1.807) is 0 Å². The van der Waals surface area contributed by atoms with E-state index in [1.165, 1.54) is 11.8 Å². The molecule has 0 saturated heterocycles. The SMILES string of the molecule is C/C(=N\NC(=O)CSc1nc(C)cc(C)n1)c1cccc(Br)c1. The topological polar surface area (TPSA) is 67.2 Å². The molecule has 1 amide bonds. The van der Waals surface area contributed by atoms with Crippen LogP contribution >= 0.6 is 27.7 Å². The molecular formula is C16H17BrN4OS. The normalized spacial score (nSPS) is 11.4. The lowest BCUT2D eigenvalue weighted by molar-refractivity contribution is -0.118. The van der Waals surface area contributed by atoms with Crippen LogP contribution in [0.25, 0.3) is 0 Å². The number of hydrogen-bond acceptors (Lipinski definition) is 5. The number of nitrogens with zero attached hydrogens (tertiary/aromatic N) is 3. The Kier molecular flexibility index (Phi) is 6.29. The number of amides is 1. The van der Waals surface area contributed by atoms with Gasteiger partial charge < -0.3 is 0 Å².